The first-order valence-electron chi connectivity index (χ1n) is 9.44. The number of ether oxygens (including phenoxy) is 1. The topological polar surface area (TPSA) is 107 Å². The second-order valence-corrected chi connectivity index (χ2v) is 7.12. The van der Waals surface area contributed by atoms with Crippen LogP contribution in [0, 0.1) is 10.1 Å². The highest BCUT2D eigenvalue weighted by Gasteiger charge is 2.42. The molecule has 0 N–H and O–H groups in total. The maximum Gasteiger partial charge on any atom is 0.338 e. The number of carbonyl (C=O) groups excluding carboxylic acids is 3. The Labute approximate surface area is 166 Å². The third-order valence-corrected chi connectivity index (χ3v) is 5.26. The van der Waals surface area contributed by atoms with Gasteiger partial charge in [0.2, 0.25) is 0 Å². The molecule has 29 heavy (non-hydrogen) atoms. The third kappa shape index (κ3) is 3.37. The zero-order chi connectivity index (χ0) is 20.5. The second-order valence-electron chi connectivity index (χ2n) is 7.12. The van der Waals surface area contributed by atoms with E-state index in [4.69, 9.17) is 4.74 Å². The number of imide groups is 1. The zero-order valence-corrected chi connectivity index (χ0v) is 15.5. The molecule has 0 radical (unpaired) electrons. The summed E-state index contributed by atoms with van der Waals surface area (Å²) in [5.74, 6) is -1.96. The molecule has 4 rings (SSSR count). The normalized spacial score (nSPS) is 16.6. The summed E-state index contributed by atoms with van der Waals surface area (Å²) in [6.07, 6.45) is 4.70. The predicted octanol–water partition coefficient (Wildman–Crippen LogP) is 3.88. The number of rotatable bonds is 4. The number of hydrogen-bond donors (Lipinski definition) is 0. The first kappa shape index (κ1) is 18.8. The van der Waals surface area contributed by atoms with Crippen molar-refractivity contribution in [2.45, 2.75) is 38.2 Å². The van der Waals surface area contributed by atoms with E-state index < -0.39 is 28.4 Å². The van der Waals surface area contributed by atoms with E-state index in [1.165, 1.54) is 30.3 Å². The van der Waals surface area contributed by atoms with Gasteiger partial charge in [0, 0.05) is 6.07 Å². The molecule has 1 heterocycles. The van der Waals surface area contributed by atoms with Gasteiger partial charge in [-0.15, -0.1) is 0 Å². The minimum absolute atomic E-state index is 0.0283. The van der Waals surface area contributed by atoms with E-state index in [9.17, 15) is 24.5 Å². The number of hydrogen-bond acceptors (Lipinski definition) is 6. The van der Waals surface area contributed by atoms with Crippen LogP contribution in [0.5, 0.6) is 0 Å². The van der Waals surface area contributed by atoms with E-state index in [0.29, 0.717) is 0 Å². The van der Waals surface area contributed by atoms with Gasteiger partial charge in [0.05, 0.1) is 21.7 Å². The number of nitro benzene ring substituents is 1. The summed E-state index contributed by atoms with van der Waals surface area (Å²) in [4.78, 5) is 49.5. The molecule has 2 aromatic rings. The van der Waals surface area contributed by atoms with Crippen molar-refractivity contribution in [1.82, 2.24) is 0 Å². The summed E-state index contributed by atoms with van der Waals surface area (Å²) in [6.45, 7) is 0. The Balaban J connectivity index is 1.62. The first-order valence-corrected chi connectivity index (χ1v) is 9.44. The van der Waals surface area contributed by atoms with Gasteiger partial charge in [-0.05, 0) is 49.9 Å². The molecule has 2 aliphatic rings. The van der Waals surface area contributed by atoms with E-state index in [1.807, 2.05) is 0 Å². The van der Waals surface area contributed by atoms with Gasteiger partial charge in [0.1, 0.15) is 11.7 Å². The van der Waals surface area contributed by atoms with Crippen LogP contribution in [0.3, 0.4) is 0 Å². The number of nitro groups is 1. The molecule has 0 aromatic heterocycles. The van der Waals surface area contributed by atoms with Crippen molar-refractivity contribution >= 4 is 29.2 Å². The molecule has 148 valence electrons. The van der Waals surface area contributed by atoms with E-state index in [0.717, 1.165) is 37.0 Å². The summed E-state index contributed by atoms with van der Waals surface area (Å²) >= 11 is 0. The molecule has 1 aliphatic carbocycles. The molecule has 2 aromatic carbocycles. The second kappa shape index (κ2) is 7.46. The van der Waals surface area contributed by atoms with Crippen LogP contribution in [0.2, 0.25) is 0 Å². The van der Waals surface area contributed by atoms with Gasteiger partial charge >= 0.3 is 5.97 Å². The van der Waals surface area contributed by atoms with Crippen LogP contribution in [-0.4, -0.2) is 28.8 Å². The summed E-state index contributed by atoms with van der Waals surface area (Å²) in [6, 6.07) is 9.93. The van der Waals surface area contributed by atoms with Crippen LogP contribution in [0.25, 0.3) is 0 Å². The smallest absolute Gasteiger partial charge is 0.338 e. The van der Waals surface area contributed by atoms with Gasteiger partial charge in [-0.25, -0.2) is 9.69 Å². The predicted molar refractivity (Wildman–Crippen MR) is 103 cm³/mol. The lowest BCUT2D eigenvalue weighted by molar-refractivity contribution is -0.385. The Hall–Kier alpha value is -3.55. The Bertz CT molecular complexity index is 1030. The van der Waals surface area contributed by atoms with Crippen LogP contribution in [0.4, 0.5) is 11.4 Å². The maximum atomic E-state index is 12.8. The zero-order valence-electron chi connectivity index (χ0n) is 15.5. The highest BCUT2D eigenvalue weighted by molar-refractivity contribution is 6.35. The van der Waals surface area contributed by atoms with Crippen molar-refractivity contribution < 1.29 is 24.0 Å². The number of amides is 2. The molecule has 8 heteroatoms. The van der Waals surface area contributed by atoms with Crippen LogP contribution in [0.1, 0.15) is 63.2 Å². The van der Waals surface area contributed by atoms with Gasteiger partial charge < -0.3 is 4.74 Å². The van der Waals surface area contributed by atoms with Crippen molar-refractivity contribution in [2.75, 3.05) is 4.90 Å². The SMILES string of the molecule is O=C(OC1CCCCC1)c1cccc(N2C(=O)c3cccc([N+](=O)[O-])c3C2=O)c1. The summed E-state index contributed by atoms with van der Waals surface area (Å²) in [5, 5.41) is 11.3. The number of anilines is 1. The highest BCUT2D eigenvalue weighted by Crippen LogP contribution is 2.34. The van der Waals surface area contributed by atoms with Crippen LogP contribution in [-0.2, 0) is 4.74 Å². The fraction of sp³-hybridized carbons (Fsp3) is 0.286. The highest BCUT2D eigenvalue weighted by atomic mass is 16.6. The number of carbonyl (C=O) groups is 3. The molecule has 0 atom stereocenters. The Kier molecular flexibility index (Phi) is 4.84. The van der Waals surface area contributed by atoms with Crippen molar-refractivity contribution in [2.24, 2.45) is 0 Å². The lowest BCUT2D eigenvalue weighted by atomic mass is 9.98. The van der Waals surface area contributed by atoms with E-state index >= 15 is 0 Å². The fourth-order valence-electron chi connectivity index (χ4n) is 3.83. The van der Waals surface area contributed by atoms with Crippen molar-refractivity contribution in [1.29, 1.82) is 0 Å². The third-order valence-electron chi connectivity index (χ3n) is 5.26. The number of fused-ring (bicyclic) bond motifs is 1. The van der Waals surface area contributed by atoms with Crippen molar-refractivity contribution in [3.05, 3.63) is 69.3 Å². The molecular weight excluding hydrogens is 376 g/mol. The minimum Gasteiger partial charge on any atom is -0.459 e. The van der Waals surface area contributed by atoms with Crippen molar-refractivity contribution in [3.63, 3.8) is 0 Å². The van der Waals surface area contributed by atoms with Crippen LogP contribution < -0.4 is 4.90 Å². The van der Waals surface area contributed by atoms with Crippen molar-refractivity contribution in [3.8, 4) is 0 Å². The number of nitrogens with zero attached hydrogens (tertiary/aromatic N) is 2. The quantitative estimate of drug-likeness (QED) is 0.337. The Morgan fingerprint density at radius 2 is 1.76 bits per heavy atom. The lowest BCUT2D eigenvalue weighted by Gasteiger charge is -2.22. The fourth-order valence-corrected chi connectivity index (χ4v) is 3.83. The molecular formula is C21H18N2O6. The van der Waals surface area contributed by atoms with Gasteiger partial charge in [0.25, 0.3) is 17.5 Å². The van der Waals surface area contributed by atoms with Gasteiger partial charge in [-0.1, -0.05) is 18.6 Å². The monoisotopic (exact) mass is 394 g/mol. The van der Waals surface area contributed by atoms with E-state index in [2.05, 4.69) is 0 Å². The Morgan fingerprint density at radius 1 is 1.03 bits per heavy atom. The molecule has 0 unspecified atom stereocenters. The average molecular weight is 394 g/mol. The van der Waals surface area contributed by atoms with Gasteiger partial charge in [-0.3, -0.25) is 19.7 Å². The number of benzene rings is 2. The van der Waals surface area contributed by atoms with Crippen LogP contribution >= 0.6 is 0 Å². The molecule has 0 saturated heterocycles. The first-order chi connectivity index (χ1) is 14.0. The molecule has 2 amide bonds. The molecule has 1 fully saturated rings. The van der Waals surface area contributed by atoms with E-state index in [1.54, 1.807) is 12.1 Å². The van der Waals surface area contributed by atoms with E-state index in [-0.39, 0.29) is 28.5 Å². The molecule has 8 nitrogen and oxygen atoms in total. The molecule has 1 aliphatic heterocycles. The maximum absolute atomic E-state index is 12.8. The number of esters is 1. The molecule has 1 saturated carbocycles. The lowest BCUT2D eigenvalue weighted by Crippen LogP contribution is -2.29. The minimum atomic E-state index is -0.782. The molecule has 0 spiro atoms. The van der Waals surface area contributed by atoms with Gasteiger partial charge in [0.15, 0.2) is 0 Å². The summed E-state index contributed by atoms with van der Waals surface area (Å²) in [7, 11) is 0. The summed E-state index contributed by atoms with van der Waals surface area (Å²) < 4.78 is 5.54. The largest absolute Gasteiger partial charge is 0.459 e. The van der Waals surface area contributed by atoms with Crippen LogP contribution in [0.15, 0.2) is 42.5 Å². The average Bonchev–Trinajstić information content (AvgIpc) is 2.99. The summed E-state index contributed by atoms with van der Waals surface area (Å²) in [5.41, 5.74) is -0.295. The van der Waals surface area contributed by atoms with Gasteiger partial charge in [-0.2, -0.15) is 0 Å². The standard InChI is InChI=1S/C21H18N2O6/c24-19-16-10-5-11-17(23(27)28)18(16)20(25)22(19)14-7-4-6-13(12-14)21(26)29-15-8-2-1-3-9-15/h4-7,10-12,15H,1-3,8-9H2. The Morgan fingerprint density at radius 3 is 2.48 bits per heavy atom. The molecule has 0 bridgehead atoms.